The van der Waals surface area contributed by atoms with Crippen molar-refractivity contribution in [2.45, 2.75) is 24.0 Å². The third-order valence-electron chi connectivity index (χ3n) is 3.53. The molecule has 0 saturated carbocycles. The Morgan fingerprint density at radius 2 is 2.20 bits per heavy atom. The van der Waals surface area contributed by atoms with E-state index < -0.39 is 30.6 Å². The molecule has 1 saturated heterocycles. The van der Waals surface area contributed by atoms with Crippen LogP contribution >= 0.6 is 0 Å². The molecule has 0 unspecified atom stereocenters. The molecule has 0 radical (unpaired) electrons. The first-order valence-corrected chi connectivity index (χ1v) is 6.06. The van der Waals surface area contributed by atoms with Crippen LogP contribution in [0.3, 0.4) is 0 Å². The molecule has 104 valence electrons. The van der Waals surface area contributed by atoms with Crippen molar-refractivity contribution < 1.29 is 20.1 Å². The molecule has 1 aliphatic heterocycles. The molecule has 2 aromatic rings. The average molecular weight is 275 g/mol. The van der Waals surface area contributed by atoms with Gasteiger partial charge in [-0.25, -0.2) is 4.68 Å². The molecule has 1 aliphatic rings. The van der Waals surface area contributed by atoms with Gasteiger partial charge in [0.05, 0.1) is 12.1 Å². The smallest absolute Gasteiger partial charge is 0.184 e. The number of aromatic nitrogens is 3. The van der Waals surface area contributed by atoms with E-state index in [9.17, 15) is 15.3 Å². The van der Waals surface area contributed by atoms with Gasteiger partial charge >= 0.3 is 0 Å². The molecule has 4 atom stereocenters. The zero-order chi connectivity index (χ0) is 14.3. The predicted octanol–water partition coefficient (Wildman–Crippen LogP) is -0.954. The molecule has 7 nitrogen and oxygen atoms in total. The Hall–Kier alpha value is -1.98. The van der Waals surface area contributed by atoms with Crippen molar-refractivity contribution in [1.29, 1.82) is 0 Å². The third-order valence-corrected chi connectivity index (χ3v) is 3.53. The van der Waals surface area contributed by atoms with E-state index >= 15 is 0 Å². The van der Waals surface area contributed by atoms with Crippen molar-refractivity contribution in [3.05, 3.63) is 24.3 Å². The monoisotopic (exact) mass is 275 g/mol. The van der Waals surface area contributed by atoms with Crippen LogP contribution < -0.4 is 0 Å². The SMILES string of the molecule is C#C[C@]1(O)[C@H](CO)O[C@@H](n2nnc3ccccc32)[C@H]1O. The highest BCUT2D eigenvalue weighted by molar-refractivity contribution is 5.74. The van der Waals surface area contributed by atoms with Crippen LogP contribution in [0.15, 0.2) is 24.3 Å². The Kier molecular flexibility index (Phi) is 2.96. The lowest BCUT2D eigenvalue weighted by Gasteiger charge is -2.23. The van der Waals surface area contributed by atoms with Crippen molar-refractivity contribution in [2.24, 2.45) is 0 Å². The van der Waals surface area contributed by atoms with E-state index in [1.54, 1.807) is 18.2 Å². The van der Waals surface area contributed by atoms with Gasteiger partial charge in [0.1, 0.15) is 17.7 Å². The summed E-state index contributed by atoms with van der Waals surface area (Å²) in [6, 6.07) is 7.12. The van der Waals surface area contributed by atoms with Gasteiger partial charge in [0.2, 0.25) is 0 Å². The van der Waals surface area contributed by atoms with E-state index in [0.29, 0.717) is 11.0 Å². The van der Waals surface area contributed by atoms with E-state index in [0.717, 1.165) is 0 Å². The average Bonchev–Trinajstić information content (AvgIpc) is 3.00. The summed E-state index contributed by atoms with van der Waals surface area (Å²) in [6.07, 6.45) is 1.73. The number of hydrogen-bond donors (Lipinski definition) is 3. The number of nitrogens with zero attached hydrogens (tertiary/aromatic N) is 3. The summed E-state index contributed by atoms with van der Waals surface area (Å²) in [5.41, 5.74) is -0.707. The Labute approximate surface area is 114 Å². The quantitative estimate of drug-likeness (QED) is 0.611. The fourth-order valence-corrected chi connectivity index (χ4v) is 2.38. The Balaban J connectivity index is 2.06. The molecule has 7 heteroatoms. The first kappa shape index (κ1) is 13.0. The van der Waals surface area contributed by atoms with Gasteiger partial charge < -0.3 is 20.1 Å². The van der Waals surface area contributed by atoms with Crippen molar-refractivity contribution in [3.63, 3.8) is 0 Å². The van der Waals surface area contributed by atoms with Crippen LogP contribution in [0.5, 0.6) is 0 Å². The molecule has 3 N–H and O–H groups in total. The van der Waals surface area contributed by atoms with Crippen LogP contribution in [0.1, 0.15) is 6.23 Å². The highest BCUT2D eigenvalue weighted by atomic mass is 16.6. The van der Waals surface area contributed by atoms with Crippen LogP contribution in [-0.4, -0.2) is 54.7 Å². The van der Waals surface area contributed by atoms with Crippen molar-refractivity contribution in [1.82, 2.24) is 15.0 Å². The lowest BCUT2D eigenvalue weighted by atomic mass is 9.93. The van der Waals surface area contributed by atoms with Crippen LogP contribution in [0.2, 0.25) is 0 Å². The Morgan fingerprint density at radius 3 is 2.85 bits per heavy atom. The van der Waals surface area contributed by atoms with E-state index in [1.807, 2.05) is 6.07 Å². The zero-order valence-corrected chi connectivity index (χ0v) is 10.4. The molecule has 0 bridgehead atoms. The standard InChI is InChI=1S/C13H13N3O4/c1-2-13(19)10(7-17)20-12(11(13)18)16-9-6-4-3-5-8(9)14-15-16/h1,3-6,10-12,17-19H,7H2/t10-,11+,12+,13-/m0/s1. The van der Waals surface area contributed by atoms with Crippen LogP contribution in [0, 0.1) is 12.3 Å². The van der Waals surface area contributed by atoms with Crippen LogP contribution in [0.4, 0.5) is 0 Å². The van der Waals surface area contributed by atoms with Gasteiger partial charge in [0.15, 0.2) is 11.8 Å². The van der Waals surface area contributed by atoms with Crippen molar-refractivity contribution >= 4 is 11.0 Å². The number of benzene rings is 1. The molecule has 0 aliphatic carbocycles. The minimum absolute atomic E-state index is 0.513. The number of para-hydroxylation sites is 1. The minimum atomic E-state index is -1.97. The molecule has 0 spiro atoms. The van der Waals surface area contributed by atoms with Gasteiger partial charge in [-0.1, -0.05) is 23.3 Å². The Morgan fingerprint density at radius 1 is 1.45 bits per heavy atom. The second kappa shape index (κ2) is 4.54. The van der Waals surface area contributed by atoms with Crippen LogP contribution in [0.25, 0.3) is 11.0 Å². The number of fused-ring (bicyclic) bond motifs is 1. The highest BCUT2D eigenvalue weighted by Crippen LogP contribution is 2.37. The van der Waals surface area contributed by atoms with Gasteiger partial charge in [-0.2, -0.15) is 0 Å². The Bertz CT molecular complexity index is 680. The maximum absolute atomic E-state index is 10.2. The normalized spacial score (nSPS) is 33.4. The fraction of sp³-hybridized carbons (Fsp3) is 0.385. The minimum Gasteiger partial charge on any atom is -0.394 e. The third kappa shape index (κ3) is 1.63. The number of aliphatic hydroxyl groups is 3. The number of ether oxygens (including phenoxy) is 1. The van der Waals surface area contributed by atoms with Crippen LogP contribution in [-0.2, 0) is 4.74 Å². The van der Waals surface area contributed by atoms with E-state index in [-0.39, 0.29) is 0 Å². The summed E-state index contributed by atoms with van der Waals surface area (Å²) in [6.45, 7) is -0.513. The van der Waals surface area contributed by atoms with E-state index in [4.69, 9.17) is 11.2 Å². The van der Waals surface area contributed by atoms with Gasteiger partial charge in [0, 0.05) is 0 Å². The lowest BCUT2D eigenvalue weighted by Crippen LogP contribution is -2.47. The summed E-state index contributed by atoms with van der Waals surface area (Å²) < 4.78 is 6.80. The van der Waals surface area contributed by atoms with Crippen molar-refractivity contribution in [2.75, 3.05) is 6.61 Å². The molecule has 20 heavy (non-hydrogen) atoms. The highest BCUT2D eigenvalue weighted by Gasteiger charge is 2.55. The summed E-state index contributed by atoms with van der Waals surface area (Å²) in [4.78, 5) is 0. The topological polar surface area (TPSA) is 101 Å². The maximum atomic E-state index is 10.2. The van der Waals surface area contributed by atoms with Gasteiger partial charge in [-0.15, -0.1) is 11.5 Å². The molecule has 1 aromatic carbocycles. The van der Waals surface area contributed by atoms with Gasteiger partial charge in [-0.3, -0.25) is 0 Å². The molecule has 0 amide bonds. The number of rotatable bonds is 2. The molecule has 3 rings (SSSR count). The van der Waals surface area contributed by atoms with Gasteiger partial charge in [-0.05, 0) is 12.1 Å². The number of hydrogen-bond acceptors (Lipinski definition) is 6. The predicted molar refractivity (Wildman–Crippen MR) is 68.3 cm³/mol. The molecular formula is C13H13N3O4. The molecular weight excluding hydrogens is 262 g/mol. The fourth-order valence-electron chi connectivity index (χ4n) is 2.38. The summed E-state index contributed by atoms with van der Waals surface area (Å²) in [5, 5.41) is 37.6. The maximum Gasteiger partial charge on any atom is 0.184 e. The first-order chi connectivity index (χ1) is 9.61. The number of aliphatic hydroxyl groups excluding tert-OH is 2. The molecule has 1 aromatic heterocycles. The zero-order valence-electron chi connectivity index (χ0n) is 10.4. The molecule has 2 heterocycles. The lowest BCUT2D eigenvalue weighted by molar-refractivity contribution is -0.0636. The van der Waals surface area contributed by atoms with E-state index in [2.05, 4.69) is 16.2 Å². The second-order valence-corrected chi connectivity index (χ2v) is 4.64. The summed E-state index contributed by atoms with van der Waals surface area (Å²) in [7, 11) is 0. The summed E-state index contributed by atoms with van der Waals surface area (Å²) >= 11 is 0. The summed E-state index contributed by atoms with van der Waals surface area (Å²) in [5.74, 6) is 2.09. The van der Waals surface area contributed by atoms with Crippen molar-refractivity contribution in [3.8, 4) is 12.3 Å². The second-order valence-electron chi connectivity index (χ2n) is 4.64. The van der Waals surface area contributed by atoms with E-state index in [1.165, 1.54) is 4.68 Å². The largest absolute Gasteiger partial charge is 0.394 e. The first-order valence-electron chi connectivity index (χ1n) is 6.06. The molecule has 1 fully saturated rings. The van der Waals surface area contributed by atoms with Gasteiger partial charge in [0.25, 0.3) is 0 Å². The number of terminal acetylenes is 1.